The number of carbonyl (C=O) groups is 2. The van der Waals surface area contributed by atoms with E-state index < -0.39 is 0 Å². The van der Waals surface area contributed by atoms with E-state index >= 15 is 0 Å². The van der Waals surface area contributed by atoms with E-state index in [1.54, 1.807) is 12.3 Å². The predicted molar refractivity (Wildman–Crippen MR) is 116 cm³/mol. The number of anilines is 1. The third-order valence-electron chi connectivity index (χ3n) is 4.70. The van der Waals surface area contributed by atoms with Gasteiger partial charge in [-0.15, -0.1) is 0 Å². The van der Waals surface area contributed by atoms with Crippen LogP contribution < -0.4 is 16.0 Å². The molecule has 1 aromatic rings. The van der Waals surface area contributed by atoms with Crippen LogP contribution in [0.15, 0.2) is 23.3 Å². The fourth-order valence-electron chi connectivity index (χ4n) is 3.11. The van der Waals surface area contributed by atoms with Crippen molar-refractivity contribution in [3.05, 3.63) is 23.9 Å². The fourth-order valence-corrected chi connectivity index (χ4v) is 3.11. The van der Waals surface area contributed by atoms with Crippen molar-refractivity contribution in [1.82, 2.24) is 20.5 Å². The largest absolute Gasteiger partial charge is 0.357 e. The number of hydrogen-bond donors (Lipinski definition) is 3. The second-order valence-corrected chi connectivity index (χ2v) is 7.25. The average Bonchev–Trinajstić information content (AvgIpc) is 2.91. The topological polar surface area (TPSA) is 98.7 Å². The third-order valence-corrected chi connectivity index (χ3v) is 4.70. The Morgan fingerprint density at radius 2 is 2.10 bits per heavy atom. The second kappa shape index (κ2) is 12.7. The van der Waals surface area contributed by atoms with Crippen LogP contribution in [0.25, 0.3) is 0 Å². The molecule has 0 radical (unpaired) electrons. The van der Waals surface area contributed by atoms with E-state index in [1.165, 1.54) is 0 Å². The molecule has 0 bridgehead atoms. The third kappa shape index (κ3) is 8.93. The standard InChI is InChI=1S/C21H34N6O2/c1-3-22-21(23-12-7-15-27-14-6-4-5-8-20(27)29)24-13-11-19(28)26-18-10-9-17(2)16-25-18/h9-10,16H,3-8,11-15H2,1-2H3,(H2,22,23,24)(H,25,26,28). The van der Waals surface area contributed by atoms with Gasteiger partial charge in [0.2, 0.25) is 11.8 Å². The van der Waals surface area contributed by atoms with Gasteiger partial charge >= 0.3 is 0 Å². The second-order valence-electron chi connectivity index (χ2n) is 7.25. The van der Waals surface area contributed by atoms with Gasteiger partial charge in [0.25, 0.3) is 0 Å². The molecule has 8 heteroatoms. The van der Waals surface area contributed by atoms with Crippen LogP contribution in [0.1, 0.15) is 51.0 Å². The van der Waals surface area contributed by atoms with Crippen molar-refractivity contribution in [2.24, 2.45) is 4.99 Å². The number of aryl methyl sites for hydroxylation is 1. The van der Waals surface area contributed by atoms with E-state index in [4.69, 9.17) is 0 Å². The van der Waals surface area contributed by atoms with Gasteiger partial charge < -0.3 is 20.9 Å². The van der Waals surface area contributed by atoms with Gasteiger partial charge in [0.1, 0.15) is 5.82 Å². The van der Waals surface area contributed by atoms with Gasteiger partial charge in [-0.25, -0.2) is 4.98 Å². The lowest BCUT2D eigenvalue weighted by Gasteiger charge is -2.20. The Kier molecular flexibility index (Phi) is 9.95. The first-order valence-electron chi connectivity index (χ1n) is 10.6. The van der Waals surface area contributed by atoms with Crippen molar-refractivity contribution in [2.75, 3.05) is 38.0 Å². The van der Waals surface area contributed by atoms with Crippen LogP contribution >= 0.6 is 0 Å². The number of likely N-dealkylation sites (tertiary alicyclic amines) is 1. The molecule has 1 saturated heterocycles. The maximum Gasteiger partial charge on any atom is 0.227 e. The molecule has 1 aromatic heterocycles. The van der Waals surface area contributed by atoms with Crippen LogP contribution in [0.4, 0.5) is 5.82 Å². The normalized spacial score (nSPS) is 15.0. The molecule has 0 aromatic carbocycles. The molecular formula is C21H34N6O2. The average molecular weight is 403 g/mol. The minimum Gasteiger partial charge on any atom is -0.357 e. The fraction of sp³-hybridized carbons (Fsp3) is 0.619. The van der Waals surface area contributed by atoms with E-state index in [9.17, 15) is 9.59 Å². The first kappa shape index (κ1) is 22.6. The van der Waals surface area contributed by atoms with Crippen LogP contribution in [0.5, 0.6) is 0 Å². The Morgan fingerprint density at radius 3 is 2.86 bits per heavy atom. The first-order valence-corrected chi connectivity index (χ1v) is 10.6. The molecule has 2 amide bonds. The minimum atomic E-state index is -0.0932. The van der Waals surface area contributed by atoms with Crippen molar-refractivity contribution >= 4 is 23.6 Å². The van der Waals surface area contributed by atoms with Crippen molar-refractivity contribution < 1.29 is 9.59 Å². The molecule has 0 aliphatic carbocycles. The summed E-state index contributed by atoms with van der Waals surface area (Å²) in [6, 6.07) is 3.71. The molecule has 1 aliphatic heterocycles. The smallest absolute Gasteiger partial charge is 0.227 e. The van der Waals surface area contributed by atoms with Crippen molar-refractivity contribution in [1.29, 1.82) is 0 Å². The van der Waals surface area contributed by atoms with E-state index in [1.807, 2.05) is 24.8 Å². The molecule has 0 atom stereocenters. The Balaban J connectivity index is 1.68. The molecule has 160 valence electrons. The molecule has 0 saturated carbocycles. The van der Waals surface area contributed by atoms with Crippen LogP contribution in [0, 0.1) is 6.92 Å². The van der Waals surface area contributed by atoms with Gasteiger partial charge in [0.05, 0.1) is 0 Å². The van der Waals surface area contributed by atoms with E-state index in [-0.39, 0.29) is 11.8 Å². The summed E-state index contributed by atoms with van der Waals surface area (Å²) >= 11 is 0. The summed E-state index contributed by atoms with van der Waals surface area (Å²) in [5, 5.41) is 9.15. The van der Waals surface area contributed by atoms with Crippen molar-refractivity contribution in [3.63, 3.8) is 0 Å². The lowest BCUT2D eigenvalue weighted by Crippen LogP contribution is -2.39. The maximum absolute atomic E-state index is 12.0. The molecule has 8 nitrogen and oxygen atoms in total. The van der Waals surface area contributed by atoms with Crippen LogP contribution in [0.3, 0.4) is 0 Å². The molecule has 29 heavy (non-hydrogen) atoms. The lowest BCUT2D eigenvalue weighted by molar-refractivity contribution is -0.130. The summed E-state index contributed by atoms with van der Waals surface area (Å²) in [6.07, 6.45) is 6.80. The number of nitrogens with zero attached hydrogens (tertiary/aromatic N) is 3. The zero-order valence-corrected chi connectivity index (χ0v) is 17.7. The van der Waals surface area contributed by atoms with Gasteiger partial charge in [-0.05, 0) is 44.7 Å². The zero-order valence-electron chi connectivity index (χ0n) is 17.7. The highest BCUT2D eigenvalue weighted by molar-refractivity contribution is 5.90. The monoisotopic (exact) mass is 402 g/mol. The molecule has 3 N–H and O–H groups in total. The van der Waals surface area contributed by atoms with Crippen molar-refractivity contribution in [2.45, 2.75) is 52.4 Å². The van der Waals surface area contributed by atoms with Crippen molar-refractivity contribution in [3.8, 4) is 0 Å². The number of nitrogens with one attached hydrogen (secondary N) is 3. The van der Waals surface area contributed by atoms with Crippen LogP contribution in [0.2, 0.25) is 0 Å². The number of hydrogen-bond acceptors (Lipinski definition) is 4. The quantitative estimate of drug-likeness (QED) is 0.334. The molecule has 0 spiro atoms. The Bertz CT molecular complexity index is 674. The molecule has 2 rings (SSSR count). The number of aliphatic imine (C=N–C) groups is 1. The summed E-state index contributed by atoms with van der Waals surface area (Å²) in [4.78, 5) is 34.8. The number of rotatable bonds is 9. The zero-order chi connectivity index (χ0) is 20.9. The van der Waals surface area contributed by atoms with Gasteiger partial charge in [-0.2, -0.15) is 0 Å². The Labute approximate surface area is 173 Å². The molecule has 1 aliphatic rings. The maximum atomic E-state index is 12.0. The first-order chi connectivity index (χ1) is 14.1. The molecule has 2 heterocycles. The van der Waals surface area contributed by atoms with Crippen LogP contribution in [-0.4, -0.2) is 60.4 Å². The number of carbonyl (C=O) groups excluding carboxylic acids is 2. The summed E-state index contributed by atoms with van der Waals surface area (Å²) < 4.78 is 0. The number of pyridine rings is 1. The van der Waals surface area contributed by atoms with E-state index in [0.717, 1.165) is 50.9 Å². The van der Waals surface area contributed by atoms with Gasteiger partial charge in [0, 0.05) is 51.8 Å². The molecule has 0 unspecified atom stereocenters. The summed E-state index contributed by atoms with van der Waals surface area (Å²) in [5.41, 5.74) is 1.05. The van der Waals surface area contributed by atoms with E-state index in [2.05, 4.69) is 25.9 Å². The summed E-state index contributed by atoms with van der Waals surface area (Å²) in [5.74, 6) is 1.43. The number of amides is 2. The Hall–Kier alpha value is -2.64. The van der Waals surface area contributed by atoms with Gasteiger partial charge in [-0.1, -0.05) is 12.5 Å². The van der Waals surface area contributed by atoms with E-state index in [0.29, 0.717) is 37.7 Å². The minimum absolute atomic E-state index is 0.0932. The molecule has 1 fully saturated rings. The number of guanidine groups is 1. The molecular weight excluding hydrogens is 368 g/mol. The Morgan fingerprint density at radius 1 is 1.24 bits per heavy atom. The summed E-state index contributed by atoms with van der Waals surface area (Å²) in [7, 11) is 0. The number of aromatic nitrogens is 1. The van der Waals surface area contributed by atoms with Gasteiger partial charge in [-0.3, -0.25) is 14.6 Å². The highest BCUT2D eigenvalue weighted by atomic mass is 16.2. The lowest BCUT2D eigenvalue weighted by atomic mass is 10.2. The highest BCUT2D eigenvalue weighted by Gasteiger charge is 2.15. The van der Waals surface area contributed by atoms with Crippen LogP contribution in [-0.2, 0) is 9.59 Å². The summed E-state index contributed by atoms with van der Waals surface area (Å²) in [6.45, 7) is 7.45. The highest BCUT2D eigenvalue weighted by Crippen LogP contribution is 2.11. The predicted octanol–water partition coefficient (Wildman–Crippen LogP) is 2.07. The van der Waals surface area contributed by atoms with Gasteiger partial charge in [0.15, 0.2) is 5.96 Å². The SMILES string of the molecule is CCNC(=NCCCN1CCCCCC1=O)NCCC(=O)Nc1ccc(C)cn1.